The van der Waals surface area contributed by atoms with E-state index in [2.05, 4.69) is 37.2 Å². The molecular formula is C18H23BrN4O7. The van der Waals surface area contributed by atoms with Gasteiger partial charge in [0.05, 0.1) is 11.9 Å². The molecule has 30 heavy (non-hydrogen) atoms. The van der Waals surface area contributed by atoms with Crippen molar-refractivity contribution in [3.05, 3.63) is 29.8 Å². The number of hydrogen-bond donors (Lipinski definition) is 6. The van der Waals surface area contributed by atoms with E-state index in [0.717, 1.165) is 5.56 Å². The number of carbonyl (C=O) groups excluding carboxylic acids is 4. The summed E-state index contributed by atoms with van der Waals surface area (Å²) in [6.45, 7) is -0.240. The van der Waals surface area contributed by atoms with Crippen molar-refractivity contribution in [2.45, 2.75) is 18.9 Å². The molecule has 0 heterocycles. The largest absolute Gasteiger partial charge is 0.474 e. The van der Waals surface area contributed by atoms with E-state index < -0.39 is 36.3 Å². The number of benzene rings is 1. The van der Waals surface area contributed by atoms with E-state index in [1.165, 1.54) is 12.1 Å². The van der Waals surface area contributed by atoms with Crippen LogP contribution in [-0.4, -0.2) is 70.9 Å². The number of hydrogen-bond acceptors (Lipinski definition) is 6. The van der Waals surface area contributed by atoms with Crippen LogP contribution >= 0.6 is 15.9 Å². The number of rotatable bonds is 11. The Morgan fingerprint density at radius 1 is 0.967 bits per heavy atom. The van der Waals surface area contributed by atoms with Gasteiger partial charge < -0.3 is 31.5 Å². The van der Waals surface area contributed by atoms with Gasteiger partial charge in [0.25, 0.3) is 0 Å². The molecule has 1 aromatic carbocycles. The van der Waals surface area contributed by atoms with Crippen LogP contribution in [0.15, 0.2) is 24.3 Å². The molecule has 0 aliphatic carbocycles. The lowest BCUT2D eigenvalue weighted by Gasteiger charge is -2.16. The minimum Gasteiger partial charge on any atom is -0.474 e. The van der Waals surface area contributed by atoms with Crippen LogP contribution < -0.4 is 21.3 Å². The van der Waals surface area contributed by atoms with E-state index in [9.17, 15) is 29.1 Å². The molecule has 0 radical (unpaired) electrons. The highest BCUT2D eigenvalue weighted by Gasteiger charge is 2.19. The fraction of sp³-hybridized carbons (Fsp3) is 0.389. The summed E-state index contributed by atoms with van der Waals surface area (Å²) in [5.41, 5.74) is 1.14. The zero-order valence-electron chi connectivity index (χ0n) is 15.9. The normalized spacial score (nSPS) is 11.1. The molecule has 6 N–H and O–H groups in total. The summed E-state index contributed by atoms with van der Waals surface area (Å²) in [5.74, 6) is -4.04. The van der Waals surface area contributed by atoms with E-state index in [4.69, 9.17) is 5.11 Å². The van der Waals surface area contributed by atoms with Gasteiger partial charge in [0, 0.05) is 25.2 Å². The number of carboxylic acids is 1. The van der Waals surface area contributed by atoms with Gasteiger partial charge in [0.2, 0.25) is 17.7 Å². The molecule has 0 saturated carbocycles. The topological polar surface area (TPSA) is 174 Å². The smallest absolute Gasteiger partial charge is 0.394 e. The molecule has 1 atom stereocenters. The molecule has 4 amide bonds. The number of halogens is 1. The zero-order chi connectivity index (χ0) is 22.5. The van der Waals surface area contributed by atoms with Gasteiger partial charge in [-0.25, -0.2) is 4.79 Å². The highest BCUT2D eigenvalue weighted by atomic mass is 79.9. The van der Waals surface area contributed by atoms with Crippen molar-refractivity contribution in [2.75, 3.05) is 30.3 Å². The van der Waals surface area contributed by atoms with Crippen LogP contribution in [0.25, 0.3) is 0 Å². The highest BCUT2D eigenvalue weighted by Crippen LogP contribution is 2.09. The Bertz CT molecular complexity index is 770. The van der Waals surface area contributed by atoms with Crippen LogP contribution in [0, 0.1) is 0 Å². The van der Waals surface area contributed by atoms with Gasteiger partial charge in [-0.15, -0.1) is 0 Å². The van der Waals surface area contributed by atoms with E-state index in [-0.39, 0.29) is 30.7 Å². The van der Waals surface area contributed by atoms with Crippen LogP contribution in [0.3, 0.4) is 0 Å². The first-order valence-corrected chi connectivity index (χ1v) is 10.0. The van der Waals surface area contributed by atoms with Crippen molar-refractivity contribution >= 4 is 51.2 Å². The molecule has 12 heteroatoms. The Labute approximate surface area is 180 Å². The third kappa shape index (κ3) is 9.47. The minimum atomic E-state index is -1.59. The van der Waals surface area contributed by atoms with Crippen LogP contribution in [0.4, 0.5) is 5.69 Å². The maximum Gasteiger partial charge on any atom is 0.394 e. The monoisotopic (exact) mass is 486 g/mol. The van der Waals surface area contributed by atoms with Gasteiger partial charge in [-0.05, 0) is 24.1 Å². The number of alkyl halides is 1. The van der Waals surface area contributed by atoms with Crippen LogP contribution in [0.2, 0.25) is 0 Å². The van der Waals surface area contributed by atoms with E-state index >= 15 is 0 Å². The first-order valence-electron chi connectivity index (χ1n) is 8.90. The predicted molar refractivity (Wildman–Crippen MR) is 110 cm³/mol. The van der Waals surface area contributed by atoms with Gasteiger partial charge in [0.15, 0.2) is 0 Å². The molecule has 1 aromatic rings. The van der Waals surface area contributed by atoms with Crippen molar-refractivity contribution in [1.29, 1.82) is 0 Å². The Kier molecular flexibility index (Phi) is 11.1. The SMILES string of the molecule is O=C(CBr)NCCC(=O)NC(CO)C(=O)NCCc1ccc(NC(=O)C(=O)O)cc1. The minimum absolute atomic E-state index is 0.0344. The van der Waals surface area contributed by atoms with Crippen molar-refractivity contribution in [3.8, 4) is 0 Å². The fourth-order valence-corrected chi connectivity index (χ4v) is 2.41. The summed E-state index contributed by atoms with van der Waals surface area (Å²) in [7, 11) is 0. The number of aliphatic carboxylic acids is 1. The highest BCUT2D eigenvalue weighted by molar-refractivity contribution is 9.09. The Morgan fingerprint density at radius 2 is 1.63 bits per heavy atom. The summed E-state index contributed by atoms with van der Waals surface area (Å²) in [6.07, 6.45) is 0.400. The molecule has 0 aliphatic rings. The molecule has 0 fully saturated rings. The standard InChI is InChI=1S/C18H23BrN4O7/c19-9-15(26)20-8-6-14(25)23-13(10-24)16(27)21-7-5-11-1-3-12(4-2-11)22-17(28)18(29)30/h1-4,13,24H,5-10H2,(H,20,26)(H,21,27)(H,22,28)(H,23,25)(H,29,30). The number of carboxylic acid groups (broad SMARTS) is 1. The van der Waals surface area contributed by atoms with E-state index in [1.807, 2.05) is 0 Å². The summed E-state index contributed by atoms with van der Waals surface area (Å²) >= 11 is 2.97. The summed E-state index contributed by atoms with van der Waals surface area (Å²) in [6, 6.07) is 5.27. The predicted octanol–water partition coefficient (Wildman–Crippen LogP) is -1.25. The number of aliphatic hydroxyl groups is 1. The van der Waals surface area contributed by atoms with E-state index in [1.54, 1.807) is 12.1 Å². The number of amides is 4. The number of nitrogens with one attached hydrogen (secondary N) is 4. The summed E-state index contributed by atoms with van der Waals surface area (Å²) in [4.78, 5) is 56.6. The van der Waals surface area contributed by atoms with Crippen molar-refractivity contribution in [3.63, 3.8) is 0 Å². The molecular weight excluding hydrogens is 464 g/mol. The first kappa shape index (κ1) is 25.0. The molecule has 11 nitrogen and oxygen atoms in total. The van der Waals surface area contributed by atoms with Crippen molar-refractivity contribution < 1.29 is 34.2 Å². The molecule has 1 rings (SSSR count). The molecule has 164 valence electrons. The van der Waals surface area contributed by atoms with Crippen LogP contribution in [0.5, 0.6) is 0 Å². The van der Waals surface area contributed by atoms with Crippen LogP contribution in [0.1, 0.15) is 12.0 Å². The third-order valence-corrected chi connectivity index (χ3v) is 4.26. The maximum absolute atomic E-state index is 12.1. The Balaban J connectivity index is 2.39. The van der Waals surface area contributed by atoms with Gasteiger partial charge in [0.1, 0.15) is 6.04 Å². The number of carbonyl (C=O) groups is 5. The molecule has 0 aliphatic heterocycles. The molecule has 1 unspecified atom stereocenters. The summed E-state index contributed by atoms with van der Waals surface area (Å²) in [5, 5.41) is 27.7. The van der Waals surface area contributed by atoms with E-state index in [0.29, 0.717) is 12.1 Å². The molecule has 0 saturated heterocycles. The lowest BCUT2D eigenvalue weighted by molar-refractivity contribution is -0.147. The van der Waals surface area contributed by atoms with Crippen molar-refractivity contribution in [1.82, 2.24) is 16.0 Å². The van der Waals surface area contributed by atoms with Gasteiger partial charge in [-0.2, -0.15) is 0 Å². The molecule has 0 bridgehead atoms. The van der Waals surface area contributed by atoms with Crippen LogP contribution in [-0.2, 0) is 30.4 Å². The average molecular weight is 487 g/mol. The number of anilines is 1. The van der Waals surface area contributed by atoms with Gasteiger partial charge in [-0.1, -0.05) is 28.1 Å². The lowest BCUT2D eigenvalue weighted by Crippen LogP contribution is -2.49. The maximum atomic E-state index is 12.1. The molecule has 0 spiro atoms. The Hall–Kier alpha value is -2.99. The zero-order valence-corrected chi connectivity index (χ0v) is 17.5. The Morgan fingerprint density at radius 3 is 2.20 bits per heavy atom. The third-order valence-electron chi connectivity index (χ3n) is 3.75. The summed E-state index contributed by atoms with van der Waals surface area (Å²) < 4.78 is 0. The fourth-order valence-electron chi connectivity index (χ4n) is 2.22. The second-order valence-electron chi connectivity index (χ2n) is 6.03. The first-order chi connectivity index (χ1) is 14.3. The second kappa shape index (κ2) is 13.3. The lowest BCUT2D eigenvalue weighted by atomic mass is 10.1. The number of aliphatic hydroxyl groups excluding tert-OH is 1. The van der Waals surface area contributed by atoms with Gasteiger partial charge >= 0.3 is 11.9 Å². The quantitative estimate of drug-likeness (QED) is 0.167. The molecule has 0 aromatic heterocycles. The van der Waals surface area contributed by atoms with Gasteiger partial charge in [-0.3, -0.25) is 19.2 Å². The second-order valence-corrected chi connectivity index (χ2v) is 6.59. The average Bonchev–Trinajstić information content (AvgIpc) is 2.72. The van der Waals surface area contributed by atoms with Crippen molar-refractivity contribution in [2.24, 2.45) is 0 Å².